The van der Waals surface area contributed by atoms with Crippen molar-refractivity contribution in [1.82, 2.24) is 0 Å². The van der Waals surface area contributed by atoms with Crippen molar-refractivity contribution >= 4 is 11.6 Å². The second-order valence-electron chi connectivity index (χ2n) is 3.00. The first-order valence-electron chi connectivity index (χ1n) is 4.65. The summed E-state index contributed by atoms with van der Waals surface area (Å²) >= 11 is 0. The van der Waals surface area contributed by atoms with Gasteiger partial charge < -0.3 is 5.11 Å². The zero-order valence-corrected chi connectivity index (χ0v) is 8.22. The molecule has 1 rings (SSSR count). The minimum atomic E-state index is -0.248. The van der Waals surface area contributed by atoms with E-state index < -0.39 is 0 Å². The Balaban J connectivity index is 2.60. The SMILES string of the molecule is O=C(/C=C/C(=O)c1ccccc1)CCO. The molecule has 78 valence electrons. The van der Waals surface area contributed by atoms with E-state index in [-0.39, 0.29) is 24.6 Å². The number of ketones is 2. The summed E-state index contributed by atoms with van der Waals surface area (Å²) in [4.78, 5) is 22.4. The number of aliphatic hydroxyl groups is 1. The van der Waals surface area contributed by atoms with E-state index in [9.17, 15) is 9.59 Å². The van der Waals surface area contributed by atoms with E-state index in [1.54, 1.807) is 24.3 Å². The average molecular weight is 204 g/mol. The van der Waals surface area contributed by atoms with Crippen molar-refractivity contribution in [2.75, 3.05) is 6.61 Å². The maximum Gasteiger partial charge on any atom is 0.185 e. The van der Waals surface area contributed by atoms with E-state index in [1.807, 2.05) is 6.07 Å². The topological polar surface area (TPSA) is 54.4 Å². The van der Waals surface area contributed by atoms with Gasteiger partial charge in [0.1, 0.15) is 0 Å². The third-order valence-corrected chi connectivity index (χ3v) is 1.84. The van der Waals surface area contributed by atoms with Crippen LogP contribution in [0.25, 0.3) is 0 Å². The molecule has 3 nitrogen and oxygen atoms in total. The van der Waals surface area contributed by atoms with E-state index in [1.165, 1.54) is 12.2 Å². The molecular formula is C12H12O3. The van der Waals surface area contributed by atoms with Crippen LogP contribution in [0.15, 0.2) is 42.5 Å². The van der Waals surface area contributed by atoms with Crippen molar-refractivity contribution < 1.29 is 14.7 Å². The predicted molar refractivity (Wildman–Crippen MR) is 56.6 cm³/mol. The average Bonchev–Trinajstić information content (AvgIpc) is 2.27. The highest BCUT2D eigenvalue weighted by atomic mass is 16.3. The molecule has 0 amide bonds. The van der Waals surface area contributed by atoms with Crippen LogP contribution in [0.2, 0.25) is 0 Å². The minimum Gasteiger partial charge on any atom is -0.396 e. The van der Waals surface area contributed by atoms with Gasteiger partial charge in [0.15, 0.2) is 11.6 Å². The van der Waals surface area contributed by atoms with Gasteiger partial charge in [0.2, 0.25) is 0 Å². The second kappa shape index (κ2) is 5.88. The van der Waals surface area contributed by atoms with E-state index >= 15 is 0 Å². The number of carbonyl (C=O) groups is 2. The third kappa shape index (κ3) is 3.87. The van der Waals surface area contributed by atoms with Gasteiger partial charge in [-0.25, -0.2) is 0 Å². The Morgan fingerprint density at radius 3 is 2.40 bits per heavy atom. The third-order valence-electron chi connectivity index (χ3n) is 1.84. The minimum absolute atomic E-state index is 0.0541. The van der Waals surface area contributed by atoms with Crippen LogP contribution in [0, 0.1) is 0 Å². The largest absolute Gasteiger partial charge is 0.396 e. The van der Waals surface area contributed by atoms with Crippen LogP contribution in [0.1, 0.15) is 16.8 Å². The van der Waals surface area contributed by atoms with Crippen LogP contribution in [0.5, 0.6) is 0 Å². The Morgan fingerprint density at radius 2 is 1.80 bits per heavy atom. The number of rotatable bonds is 5. The Labute approximate surface area is 88.0 Å². The molecule has 1 N–H and O–H groups in total. The van der Waals surface area contributed by atoms with Gasteiger partial charge in [0.05, 0.1) is 6.61 Å². The first kappa shape index (κ1) is 11.3. The molecule has 0 atom stereocenters. The standard InChI is InChI=1S/C12H12O3/c13-9-8-11(14)6-7-12(15)10-4-2-1-3-5-10/h1-7,13H,8-9H2/b7-6+. The summed E-state index contributed by atoms with van der Waals surface area (Å²) < 4.78 is 0. The lowest BCUT2D eigenvalue weighted by Crippen LogP contribution is -1.99. The van der Waals surface area contributed by atoms with Crippen LogP contribution in [0.3, 0.4) is 0 Å². The highest BCUT2D eigenvalue weighted by Crippen LogP contribution is 2.00. The van der Waals surface area contributed by atoms with Gasteiger partial charge in [-0.3, -0.25) is 9.59 Å². The number of hydrogen-bond donors (Lipinski definition) is 1. The molecular weight excluding hydrogens is 192 g/mol. The quantitative estimate of drug-likeness (QED) is 0.582. The Hall–Kier alpha value is -1.74. The molecule has 0 fully saturated rings. The maximum absolute atomic E-state index is 11.5. The van der Waals surface area contributed by atoms with Gasteiger partial charge >= 0.3 is 0 Å². The number of carbonyl (C=O) groups excluding carboxylic acids is 2. The highest BCUT2D eigenvalue weighted by molar-refractivity contribution is 6.07. The number of allylic oxidation sites excluding steroid dienone is 2. The fourth-order valence-corrected chi connectivity index (χ4v) is 1.06. The summed E-state index contributed by atoms with van der Waals surface area (Å²) in [5.74, 6) is -0.455. The van der Waals surface area contributed by atoms with Crippen LogP contribution in [0.4, 0.5) is 0 Å². The molecule has 0 radical (unpaired) electrons. The Bertz CT molecular complexity index is 366. The van der Waals surface area contributed by atoms with Gasteiger partial charge in [0, 0.05) is 12.0 Å². The van der Waals surface area contributed by atoms with Crippen molar-refractivity contribution in [3.63, 3.8) is 0 Å². The van der Waals surface area contributed by atoms with Gasteiger partial charge in [-0.15, -0.1) is 0 Å². The van der Waals surface area contributed by atoms with Gasteiger partial charge in [0.25, 0.3) is 0 Å². The second-order valence-corrected chi connectivity index (χ2v) is 3.00. The number of hydrogen-bond acceptors (Lipinski definition) is 3. The lowest BCUT2D eigenvalue weighted by Gasteiger charge is -1.93. The molecule has 0 bridgehead atoms. The van der Waals surface area contributed by atoms with Gasteiger partial charge in [-0.05, 0) is 12.2 Å². The smallest absolute Gasteiger partial charge is 0.185 e. The summed E-state index contributed by atoms with van der Waals surface area (Å²) in [5.41, 5.74) is 0.547. The fourth-order valence-electron chi connectivity index (χ4n) is 1.06. The maximum atomic E-state index is 11.5. The van der Waals surface area contributed by atoms with E-state index in [0.29, 0.717) is 5.56 Å². The molecule has 0 saturated heterocycles. The molecule has 15 heavy (non-hydrogen) atoms. The van der Waals surface area contributed by atoms with Crippen molar-refractivity contribution in [2.45, 2.75) is 6.42 Å². The summed E-state index contributed by atoms with van der Waals surface area (Å²) in [6.07, 6.45) is 2.48. The van der Waals surface area contributed by atoms with Gasteiger partial charge in [-0.1, -0.05) is 30.3 Å². The zero-order valence-electron chi connectivity index (χ0n) is 8.22. The molecule has 0 spiro atoms. The highest BCUT2D eigenvalue weighted by Gasteiger charge is 2.01. The first-order chi connectivity index (χ1) is 7.24. The lowest BCUT2D eigenvalue weighted by atomic mass is 10.1. The normalized spacial score (nSPS) is 10.5. The van der Waals surface area contributed by atoms with E-state index in [0.717, 1.165) is 0 Å². The summed E-state index contributed by atoms with van der Waals surface area (Å²) in [6, 6.07) is 8.71. The van der Waals surface area contributed by atoms with E-state index in [4.69, 9.17) is 5.11 Å². The Morgan fingerprint density at radius 1 is 1.13 bits per heavy atom. The molecule has 3 heteroatoms. The van der Waals surface area contributed by atoms with Crippen molar-refractivity contribution in [2.24, 2.45) is 0 Å². The predicted octanol–water partition coefficient (Wildman–Crippen LogP) is 1.38. The van der Waals surface area contributed by atoms with Crippen molar-refractivity contribution in [1.29, 1.82) is 0 Å². The molecule has 0 heterocycles. The summed E-state index contributed by atoms with van der Waals surface area (Å²) in [6.45, 7) is -0.192. The molecule has 0 aliphatic carbocycles. The molecule has 0 aliphatic rings. The molecule has 0 saturated carbocycles. The van der Waals surface area contributed by atoms with Crippen LogP contribution in [-0.4, -0.2) is 23.3 Å². The van der Waals surface area contributed by atoms with Crippen molar-refractivity contribution in [3.05, 3.63) is 48.0 Å². The fraction of sp³-hybridized carbons (Fsp3) is 0.167. The lowest BCUT2D eigenvalue weighted by molar-refractivity contribution is -0.115. The Kier molecular flexibility index (Phi) is 4.44. The van der Waals surface area contributed by atoms with Crippen LogP contribution >= 0.6 is 0 Å². The molecule has 1 aromatic rings. The van der Waals surface area contributed by atoms with Crippen LogP contribution in [-0.2, 0) is 4.79 Å². The molecule has 0 unspecified atom stereocenters. The first-order valence-corrected chi connectivity index (χ1v) is 4.65. The molecule has 1 aromatic carbocycles. The van der Waals surface area contributed by atoms with E-state index in [2.05, 4.69) is 0 Å². The number of benzene rings is 1. The number of aliphatic hydroxyl groups excluding tert-OH is 1. The molecule has 0 aliphatic heterocycles. The summed E-state index contributed by atoms with van der Waals surface area (Å²) in [5, 5.41) is 8.48. The molecule has 0 aromatic heterocycles. The van der Waals surface area contributed by atoms with Crippen molar-refractivity contribution in [3.8, 4) is 0 Å². The van der Waals surface area contributed by atoms with Gasteiger partial charge in [-0.2, -0.15) is 0 Å². The summed E-state index contributed by atoms with van der Waals surface area (Å²) in [7, 11) is 0. The monoisotopic (exact) mass is 204 g/mol. The van der Waals surface area contributed by atoms with Crippen LogP contribution < -0.4 is 0 Å². The zero-order chi connectivity index (χ0) is 11.1.